The van der Waals surface area contributed by atoms with Gasteiger partial charge in [-0.05, 0) is 12.0 Å². The Kier molecular flexibility index (Phi) is 3.83. The molecular formula is C12H14BrNO2. The molecule has 1 aliphatic heterocycles. The fraction of sp³-hybridized carbons (Fsp3) is 0.417. The van der Waals surface area contributed by atoms with Crippen LogP contribution in [-0.4, -0.2) is 28.9 Å². The van der Waals surface area contributed by atoms with Gasteiger partial charge >= 0.3 is 6.09 Å². The predicted molar refractivity (Wildman–Crippen MR) is 65.5 cm³/mol. The average molecular weight is 284 g/mol. The lowest BCUT2D eigenvalue weighted by Crippen LogP contribution is -2.29. The molecule has 0 aromatic heterocycles. The van der Waals surface area contributed by atoms with Gasteiger partial charge in [0.15, 0.2) is 0 Å². The van der Waals surface area contributed by atoms with E-state index in [1.807, 2.05) is 30.3 Å². The van der Waals surface area contributed by atoms with Gasteiger partial charge in [-0.15, -0.1) is 0 Å². The normalized spacial score (nSPS) is 19.8. The molecule has 0 spiro atoms. The first kappa shape index (κ1) is 11.5. The van der Waals surface area contributed by atoms with Crippen molar-refractivity contribution in [3.63, 3.8) is 0 Å². The van der Waals surface area contributed by atoms with Crippen LogP contribution < -0.4 is 0 Å². The Morgan fingerprint density at radius 1 is 1.44 bits per heavy atom. The number of nitrogens with zero attached hydrogens (tertiary/aromatic N) is 1. The van der Waals surface area contributed by atoms with Crippen molar-refractivity contribution in [2.45, 2.75) is 17.9 Å². The van der Waals surface area contributed by atoms with Crippen molar-refractivity contribution >= 4 is 22.0 Å². The third-order valence-electron chi connectivity index (χ3n) is 2.59. The number of benzene rings is 1. The zero-order chi connectivity index (χ0) is 11.4. The highest BCUT2D eigenvalue weighted by atomic mass is 79.9. The summed E-state index contributed by atoms with van der Waals surface area (Å²) in [4.78, 5) is 13.8. The number of amides is 1. The highest BCUT2D eigenvalue weighted by Gasteiger charge is 2.25. The smallest absolute Gasteiger partial charge is 0.410 e. The van der Waals surface area contributed by atoms with Gasteiger partial charge in [0.2, 0.25) is 0 Å². The maximum absolute atomic E-state index is 11.6. The van der Waals surface area contributed by atoms with Crippen LogP contribution in [0.1, 0.15) is 12.0 Å². The van der Waals surface area contributed by atoms with Crippen LogP contribution in [-0.2, 0) is 11.3 Å². The van der Waals surface area contributed by atoms with Gasteiger partial charge in [-0.2, -0.15) is 0 Å². The van der Waals surface area contributed by atoms with E-state index in [9.17, 15) is 4.79 Å². The summed E-state index contributed by atoms with van der Waals surface area (Å²) in [5.74, 6) is 0. The number of likely N-dealkylation sites (tertiary alicyclic amines) is 1. The molecule has 1 aromatic carbocycles. The van der Waals surface area contributed by atoms with Crippen molar-refractivity contribution in [3.05, 3.63) is 35.9 Å². The minimum absolute atomic E-state index is 0.217. The lowest BCUT2D eigenvalue weighted by atomic mass is 10.2. The summed E-state index contributed by atoms with van der Waals surface area (Å²) in [5.41, 5.74) is 1.02. The monoisotopic (exact) mass is 283 g/mol. The van der Waals surface area contributed by atoms with Crippen LogP contribution in [0.2, 0.25) is 0 Å². The second kappa shape index (κ2) is 5.34. The van der Waals surface area contributed by atoms with E-state index >= 15 is 0 Å². The molecule has 0 aliphatic carbocycles. The SMILES string of the molecule is O=C(OCc1ccccc1)N1CCC(Br)C1. The summed E-state index contributed by atoms with van der Waals surface area (Å²) in [5, 5.41) is 0. The largest absolute Gasteiger partial charge is 0.445 e. The number of carbonyl (C=O) groups is 1. The number of ether oxygens (including phenoxy) is 1. The maximum atomic E-state index is 11.6. The van der Waals surface area contributed by atoms with Gasteiger partial charge in [0.25, 0.3) is 0 Å². The first-order valence-corrected chi connectivity index (χ1v) is 6.27. The lowest BCUT2D eigenvalue weighted by molar-refractivity contribution is 0.104. The molecule has 16 heavy (non-hydrogen) atoms. The van der Waals surface area contributed by atoms with Gasteiger partial charge < -0.3 is 9.64 Å². The van der Waals surface area contributed by atoms with Crippen LogP contribution in [0.15, 0.2) is 30.3 Å². The molecule has 1 aromatic rings. The number of carbonyl (C=O) groups excluding carboxylic acids is 1. The Bertz CT molecular complexity index is 355. The predicted octanol–water partition coefficient (Wildman–Crippen LogP) is 2.79. The van der Waals surface area contributed by atoms with E-state index in [1.54, 1.807) is 4.90 Å². The van der Waals surface area contributed by atoms with E-state index in [0.717, 1.165) is 25.1 Å². The Morgan fingerprint density at radius 3 is 2.81 bits per heavy atom. The summed E-state index contributed by atoms with van der Waals surface area (Å²) >= 11 is 3.49. The van der Waals surface area contributed by atoms with Gasteiger partial charge in [0, 0.05) is 17.9 Å². The minimum atomic E-state index is -0.217. The van der Waals surface area contributed by atoms with E-state index in [2.05, 4.69) is 15.9 Å². The van der Waals surface area contributed by atoms with Gasteiger partial charge in [-0.1, -0.05) is 46.3 Å². The molecule has 0 radical (unpaired) electrons. The molecule has 1 saturated heterocycles. The zero-order valence-corrected chi connectivity index (χ0v) is 10.5. The summed E-state index contributed by atoms with van der Waals surface area (Å²) in [7, 11) is 0. The first-order valence-electron chi connectivity index (χ1n) is 5.35. The quantitative estimate of drug-likeness (QED) is 0.781. The van der Waals surface area contributed by atoms with Gasteiger partial charge in [0.05, 0.1) is 0 Å². The molecule has 86 valence electrons. The Balaban J connectivity index is 1.80. The standard InChI is InChI=1S/C12H14BrNO2/c13-11-6-7-14(8-11)12(15)16-9-10-4-2-1-3-5-10/h1-5,11H,6-9H2. The topological polar surface area (TPSA) is 29.5 Å². The fourth-order valence-electron chi connectivity index (χ4n) is 1.69. The van der Waals surface area contributed by atoms with Crippen LogP contribution in [0, 0.1) is 0 Å². The second-order valence-electron chi connectivity index (χ2n) is 3.87. The maximum Gasteiger partial charge on any atom is 0.410 e. The number of halogens is 1. The molecule has 1 heterocycles. The molecule has 3 nitrogen and oxygen atoms in total. The minimum Gasteiger partial charge on any atom is -0.445 e. The molecule has 4 heteroatoms. The number of alkyl halides is 1. The van der Waals surface area contributed by atoms with Crippen molar-refractivity contribution in [3.8, 4) is 0 Å². The van der Waals surface area contributed by atoms with E-state index in [0.29, 0.717) is 11.4 Å². The van der Waals surface area contributed by atoms with E-state index in [-0.39, 0.29) is 6.09 Å². The number of hydrogen-bond donors (Lipinski definition) is 0. The average Bonchev–Trinajstić information content (AvgIpc) is 2.74. The second-order valence-corrected chi connectivity index (χ2v) is 5.17. The molecule has 1 fully saturated rings. The fourth-order valence-corrected chi connectivity index (χ4v) is 2.25. The Labute approximate surface area is 104 Å². The number of hydrogen-bond acceptors (Lipinski definition) is 2. The highest BCUT2D eigenvalue weighted by molar-refractivity contribution is 9.09. The van der Waals surface area contributed by atoms with Crippen LogP contribution >= 0.6 is 15.9 Å². The van der Waals surface area contributed by atoms with E-state index < -0.39 is 0 Å². The van der Waals surface area contributed by atoms with Crippen molar-refractivity contribution in [1.29, 1.82) is 0 Å². The molecule has 0 saturated carbocycles. The Morgan fingerprint density at radius 2 is 2.19 bits per heavy atom. The van der Waals surface area contributed by atoms with Crippen molar-refractivity contribution in [2.24, 2.45) is 0 Å². The van der Waals surface area contributed by atoms with Crippen molar-refractivity contribution in [1.82, 2.24) is 4.90 Å². The third kappa shape index (κ3) is 2.98. The Hall–Kier alpha value is -1.03. The van der Waals surface area contributed by atoms with Crippen molar-refractivity contribution < 1.29 is 9.53 Å². The van der Waals surface area contributed by atoms with Crippen LogP contribution in [0.3, 0.4) is 0 Å². The summed E-state index contributed by atoms with van der Waals surface area (Å²) in [6, 6.07) is 9.72. The highest BCUT2D eigenvalue weighted by Crippen LogP contribution is 2.17. The molecule has 1 aliphatic rings. The summed E-state index contributed by atoms with van der Waals surface area (Å²) in [6.07, 6.45) is 0.784. The molecule has 0 bridgehead atoms. The van der Waals surface area contributed by atoms with Gasteiger partial charge in [-0.3, -0.25) is 0 Å². The van der Waals surface area contributed by atoms with E-state index in [1.165, 1.54) is 0 Å². The first-order chi connectivity index (χ1) is 7.75. The molecule has 0 N–H and O–H groups in total. The summed E-state index contributed by atoms with van der Waals surface area (Å²) in [6.45, 7) is 1.88. The molecule has 1 unspecified atom stereocenters. The molecule has 2 rings (SSSR count). The zero-order valence-electron chi connectivity index (χ0n) is 8.93. The van der Waals surface area contributed by atoms with Crippen LogP contribution in [0.4, 0.5) is 4.79 Å². The number of rotatable bonds is 2. The van der Waals surface area contributed by atoms with Crippen LogP contribution in [0.5, 0.6) is 0 Å². The molecule has 1 amide bonds. The van der Waals surface area contributed by atoms with Gasteiger partial charge in [-0.25, -0.2) is 4.79 Å². The third-order valence-corrected chi connectivity index (χ3v) is 3.34. The van der Waals surface area contributed by atoms with Crippen molar-refractivity contribution in [2.75, 3.05) is 13.1 Å². The summed E-state index contributed by atoms with van der Waals surface area (Å²) < 4.78 is 5.23. The van der Waals surface area contributed by atoms with E-state index in [4.69, 9.17) is 4.74 Å². The van der Waals surface area contributed by atoms with Crippen LogP contribution in [0.25, 0.3) is 0 Å². The molecule has 1 atom stereocenters. The lowest BCUT2D eigenvalue weighted by Gasteiger charge is -2.15. The van der Waals surface area contributed by atoms with Gasteiger partial charge in [0.1, 0.15) is 6.61 Å². The molecular weight excluding hydrogens is 270 g/mol.